The van der Waals surface area contributed by atoms with Gasteiger partial charge >= 0.3 is 0 Å². The smallest absolute Gasteiger partial charge is 0.251 e. The molecule has 0 aromatic heterocycles. The second-order valence-electron chi connectivity index (χ2n) is 7.49. The number of sulfonamides is 1. The van der Waals surface area contributed by atoms with E-state index in [0.29, 0.717) is 24.9 Å². The van der Waals surface area contributed by atoms with Crippen LogP contribution in [0.25, 0.3) is 0 Å². The molecule has 0 atom stereocenters. The predicted molar refractivity (Wildman–Crippen MR) is 115 cm³/mol. The van der Waals surface area contributed by atoms with E-state index in [1.165, 1.54) is 10.4 Å². The van der Waals surface area contributed by atoms with Gasteiger partial charge < -0.3 is 11.1 Å². The number of nitrogens with one attached hydrogen (secondary N) is 1. The van der Waals surface area contributed by atoms with Crippen molar-refractivity contribution in [2.45, 2.75) is 75.3 Å². The van der Waals surface area contributed by atoms with Gasteiger partial charge in [0.1, 0.15) is 0 Å². The van der Waals surface area contributed by atoms with E-state index in [4.69, 9.17) is 5.73 Å². The SMILES string of the molecule is CCC(CC)(CN)NC(=O)c1cccc(S(=O)(=O)N(C)C2CCCCC2)c1.Cl. The maximum absolute atomic E-state index is 13.0. The van der Waals surface area contributed by atoms with Crippen molar-refractivity contribution in [3.05, 3.63) is 29.8 Å². The lowest BCUT2D eigenvalue weighted by Gasteiger charge is -2.32. The predicted octanol–water partition coefficient (Wildman–Crippen LogP) is 3.31. The molecule has 1 fully saturated rings. The fourth-order valence-corrected chi connectivity index (χ4v) is 5.15. The minimum atomic E-state index is -3.63. The first-order valence-corrected chi connectivity index (χ1v) is 11.3. The van der Waals surface area contributed by atoms with Gasteiger partial charge in [-0.25, -0.2) is 8.42 Å². The van der Waals surface area contributed by atoms with Gasteiger partial charge in [-0.15, -0.1) is 12.4 Å². The molecule has 0 heterocycles. The van der Waals surface area contributed by atoms with Gasteiger partial charge in [0.2, 0.25) is 10.0 Å². The minimum absolute atomic E-state index is 0. The Bertz CT molecular complexity index is 737. The Labute approximate surface area is 175 Å². The summed E-state index contributed by atoms with van der Waals surface area (Å²) < 4.78 is 27.5. The number of rotatable bonds is 8. The van der Waals surface area contributed by atoms with Crippen molar-refractivity contribution < 1.29 is 13.2 Å². The van der Waals surface area contributed by atoms with Crippen LogP contribution in [0.4, 0.5) is 0 Å². The third-order valence-electron chi connectivity index (χ3n) is 5.99. The topological polar surface area (TPSA) is 92.5 Å². The molecule has 28 heavy (non-hydrogen) atoms. The Hall–Kier alpha value is -1.15. The highest BCUT2D eigenvalue weighted by molar-refractivity contribution is 7.89. The molecular weight excluding hydrogens is 398 g/mol. The molecule has 0 radical (unpaired) electrons. The van der Waals surface area contributed by atoms with Gasteiger partial charge in [-0.05, 0) is 43.9 Å². The van der Waals surface area contributed by atoms with Gasteiger partial charge in [0, 0.05) is 25.2 Å². The molecule has 0 unspecified atom stereocenters. The summed E-state index contributed by atoms with van der Waals surface area (Å²) in [5.41, 5.74) is 5.73. The summed E-state index contributed by atoms with van der Waals surface area (Å²) in [5.74, 6) is -0.290. The Kier molecular flexibility index (Phi) is 9.40. The maximum atomic E-state index is 13.0. The fraction of sp³-hybridized carbons (Fsp3) is 0.650. The van der Waals surface area contributed by atoms with E-state index in [0.717, 1.165) is 32.1 Å². The third kappa shape index (κ3) is 5.47. The van der Waals surface area contributed by atoms with Crippen LogP contribution in [0.2, 0.25) is 0 Å². The summed E-state index contributed by atoms with van der Waals surface area (Å²) in [6.45, 7) is 4.31. The van der Waals surface area contributed by atoms with Crippen molar-refractivity contribution >= 4 is 28.3 Å². The number of nitrogens with zero attached hydrogens (tertiary/aromatic N) is 1. The van der Waals surface area contributed by atoms with Crippen molar-refractivity contribution in [1.29, 1.82) is 0 Å². The summed E-state index contributed by atoms with van der Waals surface area (Å²) >= 11 is 0. The van der Waals surface area contributed by atoms with E-state index < -0.39 is 15.6 Å². The molecule has 1 aliphatic rings. The van der Waals surface area contributed by atoms with E-state index in [1.807, 2.05) is 13.8 Å². The molecule has 1 aliphatic carbocycles. The summed E-state index contributed by atoms with van der Waals surface area (Å²) in [7, 11) is -1.98. The first kappa shape index (κ1) is 24.9. The van der Waals surface area contributed by atoms with E-state index in [1.54, 1.807) is 25.2 Å². The van der Waals surface area contributed by atoms with Gasteiger partial charge in [-0.1, -0.05) is 39.2 Å². The van der Waals surface area contributed by atoms with Crippen LogP contribution in [-0.4, -0.2) is 43.8 Å². The van der Waals surface area contributed by atoms with Crippen molar-refractivity contribution in [3.63, 3.8) is 0 Å². The van der Waals surface area contributed by atoms with Crippen molar-refractivity contribution in [3.8, 4) is 0 Å². The van der Waals surface area contributed by atoms with Gasteiger partial charge in [-0.3, -0.25) is 4.79 Å². The highest BCUT2D eigenvalue weighted by Gasteiger charge is 2.30. The first-order chi connectivity index (χ1) is 12.8. The van der Waals surface area contributed by atoms with E-state index in [9.17, 15) is 13.2 Å². The molecule has 1 aromatic rings. The van der Waals surface area contributed by atoms with Gasteiger partial charge in [-0.2, -0.15) is 4.31 Å². The molecule has 0 bridgehead atoms. The van der Waals surface area contributed by atoms with Crippen molar-refractivity contribution in [1.82, 2.24) is 9.62 Å². The zero-order chi connectivity index (χ0) is 20.1. The molecule has 160 valence electrons. The zero-order valence-electron chi connectivity index (χ0n) is 17.1. The quantitative estimate of drug-likeness (QED) is 0.660. The Balaban J connectivity index is 0.00000392. The maximum Gasteiger partial charge on any atom is 0.251 e. The van der Waals surface area contributed by atoms with Gasteiger partial charge in [0.05, 0.1) is 10.4 Å². The summed E-state index contributed by atoms with van der Waals surface area (Å²) in [5, 5.41) is 2.99. The van der Waals surface area contributed by atoms with Crippen molar-refractivity contribution in [2.24, 2.45) is 5.73 Å². The Morgan fingerprint density at radius 2 is 1.82 bits per heavy atom. The van der Waals surface area contributed by atoms with Crippen LogP contribution in [0.5, 0.6) is 0 Å². The molecule has 1 saturated carbocycles. The monoisotopic (exact) mass is 431 g/mol. The Morgan fingerprint density at radius 1 is 1.21 bits per heavy atom. The molecule has 1 aromatic carbocycles. The lowest BCUT2D eigenvalue weighted by Crippen LogP contribution is -2.52. The average molecular weight is 432 g/mol. The number of hydrogen-bond donors (Lipinski definition) is 2. The normalized spacial score (nSPS) is 15.9. The number of nitrogens with two attached hydrogens (primary N) is 1. The number of halogens is 1. The van der Waals surface area contributed by atoms with E-state index in [-0.39, 0.29) is 29.3 Å². The van der Waals surface area contributed by atoms with Crippen LogP contribution >= 0.6 is 12.4 Å². The number of benzene rings is 1. The van der Waals surface area contributed by atoms with Crippen LogP contribution in [0, 0.1) is 0 Å². The number of amides is 1. The standard InChI is InChI=1S/C20H33N3O3S.ClH/c1-4-20(5-2,15-21)22-19(24)16-10-9-13-18(14-16)27(25,26)23(3)17-11-7-6-8-12-17;/h9-10,13-14,17H,4-8,11-12,15,21H2,1-3H3,(H,22,24);1H. The lowest BCUT2D eigenvalue weighted by molar-refractivity contribution is 0.0895. The average Bonchev–Trinajstić information content (AvgIpc) is 2.72. The minimum Gasteiger partial charge on any atom is -0.345 e. The third-order valence-corrected chi connectivity index (χ3v) is 7.89. The van der Waals surface area contributed by atoms with Crippen LogP contribution in [0.1, 0.15) is 69.2 Å². The largest absolute Gasteiger partial charge is 0.345 e. The second kappa shape index (κ2) is 10.6. The number of carbonyl (C=O) groups excluding carboxylic acids is 1. The molecule has 1 amide bonds. The molecule has 3 N–H and O–H groups in total. The van der Waals surface area contributed by atoms with Gasteiger partial charge in [0.25, 0.3) is 5.91 Å². The van der Waals surface area contributed by atoms with Crippen LogP contribution in [0.15, 0.2) is 29.2 Å². The Morgan fingerprint density at radius 3 is 2.36 bits per heavy atom. The summed E-state index contributed by atoms with van der Waals surface area (Å²) in [6, 6.07) is 6.32. The van der Waals surface area contributed by atoms with E-state index in [2.05, 4.69) is 5.32 Å². The van der Waals surface area contributed by atoms with Crippen LogP contribution < -0.4 is 11.1 Å². The molecule has 6 nitrogen and oxygen atoms in total. The second-order valence-corrected chi connectivity index (χ2v) is 9.48. The van der Waals surface area contributed by atoms with Crippen LogP contribution in [-0.2, 0) is 10.0 Å². The zero-order valence-corrected chi connectivity index (χ0v) is 18.7. The number of carbonyl (C=O) groups is 1. The van der Waals surface area contributed by atoms with Crippen LogP contribution in [0.3, 0.4) is 0 Å². The molecule has 0 saturated heterocycles. The highest BCUT2D eigenvalue weighted by Crippen LogP contribution is 2.27. The molecule has 8 heteroatoms. The number of hydrogen-bond acceptors (Lipinski definition) is 4. The molecule has 2 rings (SSSR count). The highest BCUT2D eigenvalue weighted by atomic mass is 35.5. The van der Waals surface area contributed by atoms with Crippen molar-refractivity contribution in [2.75, 3.05) is 13.6 Å². The van der Waals surface area contributed by atoms with Gasteiger partial charge in [0.15, 0.2) is 0 Å². The first-order valence-electron chi connectivity index (χ1n) is 9.90. The fourth-order valence-electron chi connectivity index (χ4n) is 3.68. The molecular formula is C20H34ClN3O3S. The summed E-state index contributed by atoms with van der Waals surface area (Å²) in [4.78, 5) is 12.9. The summed E-state index contributed by atoms with van der Waals surface area (Å²) in [6.07, 6.45) is 6.49. The molecule has 0 aliphatic heterocycles. The van der Waals surface area contributed by atoms with E-state index >= 15 is 0 Å². The molecule has 0 spiro atoms. The lowest BCUT2D eigenvalue weighted by atomic mass is 9.92.